The van der Waals surface area contributed by atoms with Gasteiger partial charge in [0.05, 0.1) is 12.1 Å². The van der Waals surface area contributed by atoms with Gasteiger partial charge in [-0.1, -0.05) is 29.3 Å². The number of amides is 2. The Labute approximate surface area is 161 Å². The molecule has 1 aliphatic carbocycles. The molecule has 0 aliphatic heterocycles. The molecule has 5 nitrogen and oxygen atoms in total. The molecule has 2 aromatic rings. The molecular formula is C19H18Cl2N2O3. The lowest BCUT2D eigenvalue weighted by atomic mass is 10.0. The highest BCUT2D eigenvalue weighted by Crippen LogP contribution is 2.48. The van der Waals surface area contributed by atoms with Crippen molar-refractivity contribution in [2.24, 2.45) is 5.41 Å². The summed E-state index contributed by atoms with van der Waals surface area (Å²) in [6.45, 7) is 1.82. The molecule has 0 bridgehead atoms. The van der Waals surface area contributed by atoms with E-state index in [0.717, 1.165) is 5.56 Å². The van der Waals surface area contributed by atoms with Crippen LogP contribution < -0.4 is 15.4 Å². The molecule has 2 amide bonds. The van der Waals surface area contributed by atoms with Crippen LogP contribution in [0.15, 0.2) is 36.4 Å². The third kappa shape index (κ3) is 3.50. The first-order valence-electron chi connectivity index (χ1n) is 8.09. The molecule has 0 aromatic heterocycles. The van der Waals surface area contributed by atoms with Gasteiger partial charge in [0.2, 0.25) is 11.8 Å². The minimum Gasteiger partial charge on any atom is -0.495 e. The zero-order valence-electron chi connectivity index (χ0n) is 14.4. The van der Waals surface area contributed by atoms with E-state index in [0.29, 0.717) is 40.0 Å². The average Bonchev–Trinajstić information content (AvgIpc) is 3.41. The molecule has 0 spiro atoms. The molecule has 0 saturated heterocycles. The van der Waals surface area contributed by atoms with Gasteiger partial charge in [0, 0.05) is 16.4 Å². The Morgan fingerprint density at radius 3 is 2.35 bits per heavy atom. The van der Waals surface area contributed by atoms with Crippen molar-refractivity contribution in [1.29, 1.82) is 0 Å². The molecule has 0 radical (unpaired) electrons. The number of benzene rings is 2. The fourth-order valence-corrected chi connectivity index (χ4v) is 3.09. The topological polar surface area (TPSA) is 67.4 Å². The van der Waals surface area contributed by atoms with E-state index >= 15 is 0 Å². The number of carbonyl (C=O) groups excluding carboxylic acids is 2. The van der Waals surface area contributed by atoms with Gasteiger partial charge in [0.25, 0.3) is 0 Å². The van der Waals surface area contributed by atoms with Crippen LogP contribution in [-0.2, 0) is 9.59 Å². The largest absolute Gasteiger partial charge is 0.495 e. The molecule has 0 unspecified atom stereocenters. The second-order valence-corrected chi connectivity index (χ2v) is 7.07. The van der Waals surface area contributed by atoms with Crippen LogP contribution >= 0.6 is 23.2 Å². The van der Waals surface area contributed by atoms with E-state index in [4.69, 9.17) is 27.9 Å². The summed E-state index contributed by atoms with van der Waals surface area (Å²) in [7, 11) is 1.51. The molecule has 1 saturated carbocycles. The molecule has 2 aromatic carbocycles. The number of ether oxygens (including phenoxy) is 1. The summed E-state index contributed by atoms with van der Waals surface area (Å²) in [5, 5.41) is 6.53. The Hall–Kier alpha value is -2.24. The van der Waals surface area contributed by atoms with Gasteiger partial charge in [-0.2, -0.15) is 0 Å². The average molecular weight is 393 g/mol. The highest BCUT2D eigenvalue weighted by atomic mass is 35.5. The number of nitrogens with one attached hydrogen (secondary N) is 2. The third-order valence-electron chi connectivity index (χ3n) is 4.54. The van der Waals surface area contributed by atoms with Gasteiger partial charge in [-0.15, -0.1) is 0 Å². The fraction of sp³-hybridized carbons (Fsp3) is 0.263. The predicted molar refractivity (Wildman–Crippen MR) is 103 cm³/mol. The van der Waals surface area contributed by atoms with Gasteiger partial charge in [0.1, 0.15) is 11.2 Å². The van der Waals surface area contributed by atoms with Crippen molar-refractivity contribution in [2.75, 3.05) is 17.7 Å². The van der Waals surface area contributed by atoms with E-state index in [2.05, 4.69) is 10.6 Å². The van der Waals surface area contributed by atoms with Crippen LogP contribution in [0.1, 0.15) is 18.4 Å². The van der Waals surface area contributed by atoms with Crippen molar-refractivity contribution >= 4 is 46.4 Å². The number of hydrogen-bond donors (Lipinski definition) is 2. The highest BCUT2D eigenvalue weighted by Gasteiger charge is 2.56. The maximum absolute atomic E-state index is 12.7. The Bertz CT molecular complexity index is 879. The van der Waals surface area contributed by atoms with Crippen LogP contribution in [0.5, 0.6) is 5.75 Å². The van der Waals surface area contributed by atoms with Gasteiger partial charge in [-0.3, -0.25) is 9.59 Å². The summed E-state index contributed by atoms with van der Waals surface area (Å²) >= 11 is 12.2. The molecular weight excluding hydrogens is 375 g/mol. The van der Waals surface area contributed by atoms with E-state index in [1.807, 2.05) is 6.92 Å². The molecule has 136 valence electrons. The quantitative estimate of drug-likeness (QED) is 0.726. The smallest absolute Gasteiger partial charge is 0.240 e. The van der Waals surface area contributed by atoms with Crippen molar-refractivity contribution in [2.45, 2.75) is 19.8 Å². The van der Waals surface area contributed by atoms with Gasteiger partial charge in [-0.25, -0.2) is 0 Å². The maximum Gasteiger partial charge on any atom is 0.240 e. The predicted octanol–water partition coefficient (Wildman–Crippen LogP) is 4.67. The molecule has 26 heavy (non-hydrogen) atoms. The normalized spacial score (nSPS) is 14.5. The van der Waals surface area contributed by atoms with Crippen LogP contribution in [-0.4, -0.2) is 18.9 Å². The standard InChI is InChI=1S/C19H18Cl2N2O3/c1-11-13(20)4-3-5-15(11)23-18(25)19(8-9-19)17(24)22-12-6-7-16(26-2)14(21)10-12/h3-7,10H,8-9H2,1-2H3,(H,22,24)(H,23,25). The minimum atomic E-state index is -1.07. The van der Waals surface area contributed by atoms with Gasteiger partial charge in [-0.05, 0) is 55.7 Å². The first-order valence-corrected chi connectivity index (χ1v) is 8.84. The number of methoxy groups -OCH3 is 1. The van der Waals surface area contributed by atoms with Gasteiger partial charge >= 0.3 is 0 Å². The lowest BCUT2D eigenvalue weighted by Crippen LogP contribution is -2.35. The summed E-state index contributed by atoms with van der Waals surface area (Å²) < 4.78 is 5.09. The Morgan fingerprint density at radius 1 is 1.04 bits per heavy atom. The summed E-state index contributed by atoms with van der Waals surface area (Å²) in [5.41, 5.74) is 0.815. The zero-order chi connectivity index (χ0) is 18.9. The Balaban J connectivity index is 1.73. The fourth-order valence-electron chi connectivity index (χ4n) is 2.66. The van der Waals surface area contributed by atoms with E-state index < -0.39 is 5.41 Å². The number of carbonyl (C=O) groups is 2. The zero-order valence-corrected chi connectivity index (χ0v) is 15.9. The Morgan fingerprint density at radius 2 is 1.73 bits per heavy atom. The van der Waals surface area contributed by atoms with Crippen molar-refractivity contribution < 1.29 is 14.3 Å². The minimum absolute atomic E-state index is 0.333. The first-order chi connectivity index (χ1) is 12.4. The van der Waals surface area contributed by atoms with E-state index in [9.17, 15) is 9.59 Å². The molecule has 1 aliphatic rings. The Kier molecular flexibility index (Phi) is 5.12. The number of hydrogen-bond acceptors (Lipinski definition) is 3. The number of rotatable bonds is 5. The van der Waals surface area contributed by atoms with E-state index in [1.165, 1.54) is 7.11 Å². The summed E-state index contributed by atoms with van der Waals surface area (Å²) in [6.07, 6.45) is 0.988. The maximum atomic E-state index is 12.7. The SMILES string of the molecule is COc1ccc(NC(=O)C2(C(=O)Nc3cccc(Cl)c3C)CC2)cc1Cl. The van der Waals surface area contributed by atoms with Crippen LogP contribution in [0.3, 0.4) is 0 Å². The lowest BCUT2D eigenvalue weighted by Gasteiger charge is -2.17. The van der Waals surface area contributed by atoms with Crippen molar-refractivity contribution in [3.8, 4) is 5.75 Å². The van der Waals surface area contributed by atoms with Crippen molar-refractivity contribution in [3.05, 3.63) is 52.0 Å². The van der Waals surface area contributed by atoms with Crippen LogP contribution in [0.25, 0.3) is 0 Å². The van der Waals surface area contributed by atoms with Crippen molar-refractivity contribution in [1.82, 2.24) is 0 Å². The van der Waals surface area contributed by atoms with Gasteiger partial charge < -0.3 is 15.4 Å². The monoisotopic (exact) mass is 392 g/mol. The highest BCUT2D eigenvalue weighted by molar-refractivity contribution is 6.32. The lowest BCUT2D eigenvalue weighted by molar-refractivity contribution is -0.131. The second-order valence-electron chi connectivity index (χ2n) is 6.25. The molecule has 1 fully saturated rings. The molecule has 7 heteroatoms. The van der Waals surface area contributed by atoms with Crippen molar-refractivity contribution in [3.63, 3.8) is 0 Å². The summed E-state index contributed by atoms with van der Waals surface area (Å²) in [4.78, 5) is 25.4. The second kappa shape index (κ2) is 7.17. The van der Waals surface area contributed by atoms with Crippen LogP contribution in [0.4, 0.5) is 11.4 Å². The van der Waals surface area contributed by atoms with Crippen LogP contribution in [0, 0.1) is 12.3 Å². The summed E-state index contributed by atoms with van der Waals surface area (Å²) in [5.74, 6) is -0.170. The van der Waals surface area contributed by atoms with E-state index in [-0.39, 0.29) is 11.8 Å². The van der Waals surface area contributed by atoms with Crippen LogP contribution in [0.2, 0.25) is 10.0 Å². The molecule has 3 rings (SSSR count). The van der Waals surface area contributed by atoms with Gasteiger partial charge in [0.15, 0.2) is 0 Å². The summed E-state index contributed by atoms with van der Waals surface area (Å²) in [6, 6.07) is 10.2. The first kappa shape index (κ1) is 18.5. The third-order valence-corrected chi connectivity index (χ3v) is 5.25. The molecule has 2 N–H and O–H groups in total. The molecule has 0 heterocycles. The number of anilines is 2. The molecule has 0 atom stereocenters. The number of halogens is 2. The van der Waals surface area contributed by atoms with E-state index in [1.54, 1.807) is 36.4 Å².